The van der Waals surface area contributed by atoms with Crippen LogP contribution in [0.5, 0.6) is 11.5 Å². The minimum atomic E-state index is -0.498. The lowest BCUT2D eigenvalue weighted by molar-refractivity contribution is -0.124. The maximum atomic E-state index is 11.7. The average Bonchev–Trinajstić information content (AvgIpc) is 2.41. The van der Waals surface area contributed by atoms with Gasteiger partial charge in [-0.15, -0.1) is 0 Å². The number of nitrogens with one attached hydrogen (secondary N) is 1. The molecule has 0 aromatic heterocycles. The van der Waals surface area contributed by atoms with Crippen LogP contribution in [0.3, 0.4) is 0 Å². The summed E-state index contributed by atoms with van der Waals surface area (Å²) in [7, 11) is 1.49. The van der Waals surface area contributed by atoms with E-state index in [4.69, 9.17) is 14.2 Å². The summed E-state index contributed by atoms with van der Waals surface area (Å²) in [5, 5.41) is 2.76. The predicted molar refractivity (Wildman–Crippen MR) is 73.9 cm³/mol. The molecule has 0 spiro atoms. The Morgan fingerprint density at radius 3 is 2.42 bits per heavy atom. The lowest BCUT2D eigenvalue weighted by Crippen LogP contribution is -2.26. The third-order valence-corrected chi connectivity index (χ3v) is 2.53. The molecule has 0 saturated carbocycles. The van der Waals surface area contributed by atoms with Crippen LogP contribution in [0.15, 0.2) is 18.2 Å². The Bertz CT molecular complexity index is 420. The molecule has 1 rings (SSSR count). The maximum Gasteiger partial charge on any atom is 0.253 e. The van der Waals surface area contributed by atoms with E-state index >= 15 is 0 Å². The Morgan fingerprint density at radius 2 is 1.84 bits per heavy atom. The van der Waals surface area contributed by atoms with Crippen LogP contribution in [0.2, 0.25) is 0 Å². The summed E-state index contributed by atoms with van der Waals surface area (Å²) in [5.41, 5.74) is 0.654. The molecule has 106 valence electrons. The molecular weight excluding hydrogens is 246 g/mol. The third-order valence-electron chi connectivity index (χ3n) is 2.53. The zero-order chi connectivity index (χ0) is 14.3. The average molecular weight is 267 g/mol. The predicted octanol–water partition coefficient (Wildman–Crippen LogP) is 2.46. The summed E-state index contributed by atoms with van der Waals surface area (Å²) >= 11 is 0. The van der Waals surface area contributed by atoms with Crippen molar-refractivity contribution in [2.75, 3.05) is 25.6 Å². The molecule has 0 aliphatic carbocycles. The van der Waals surface area contributed by atoms with Gasteiger partial charge in [0.15, 0.2) is 11.5 Å². The van der Waals surface area contributed by atoms with Gasteiger partial charge in [-0.2, -0.15) is 0 Å². The van der Waals surface area contributed by atoms with Crippen molar-refractivity contribution in [2.24, 2.45) is 0 Å². The van der Waals surface area contributed by atoms with Gasteiger partial charge in [-0.3, -0.25) is 4.79 Å². The fourth-order valence-electron chi connectivity index (χ4n) is 1.48. The van der Waals surface area contributed by atoms with Crippen molar-refractivity contribution in [3.05, 3.63) is 18.2 Å². The number of benzene rings is 1. The molecule has 0 heterocycles. The van der Waals surface area contributed by atoms with Crippen molar-refractivity contribution in [1.82, 2.24) is 0 Å². The highest BCUT2D eigenvalue weighted by Crippen LogP contribution is 2.30. The fourth-order valence-corrected chi connectivity index (χ4v) is 1.48. The molecule has 1 atom stereocenters. The summed E-state index contributed by atoms with van der Waals surface area (Å²) in [6, 6.07) is 5.30. The number of hydrogen-bond acceptors (Lipinski definition) is 4. The number of amides is 1. The first-order valence-electron chi connectivity index (χ1n) is 6.35. The van der Waals surface area contributed by atoms with Gasteiger partial charge in [0.1, 0.15) is 6.10 Å². The van der Waals surface area contributed by atoms with E-state index in [2.05, 4.69) is 5.32 Å². The minimum Gasteiger partial charge on any atom is -0.490 e. The monoisotopic (exact) mass is 267 g/mol. The lowest BCUT2D eigenvalue weighted by Gasteiger charge is -2.14. The standard InChI is InChI=1S/C14H21NO4/c1-5-18-12-8-7-11(9-13(12)19-6-2)15-14(16)10(3)17-4/h7-10H,5-6H2,1-4H3,(H,15,16). The second kappa shape index (κ2) is 7.63. The van der Waals surface area contributed by atoms with Gasteiger partial charge in [0.2, 0.25) is 0 Å². The van der Waals surface area contributed by atoms with Crippen LogP contribution in [0.25, 0.3) is 0 Å². The zero-order valence-electron chi connectivity index (χ0n) is 11.9. The van der Waals surface area contributed by atoms with E-state index in [0.717, 1.165) is 0 Å². The van der Waals surface area contributed by atoms with Crippen molar-refractivity contribution < 1.29 is 19.0 Å². The molecule has 1 aromatic rings. The number of carbonyl (C=O) groups is 1. The summed E-state index contributed by atoms with van der Waals surface area (Å²) in [6.07, 6.45) is -0.498. The molecular formula is C14H21NO4. The zero-order valence-corrected chi connectivity index (χ0v) is 11.9. The van der Waals surface area contributed by atoms with Gasteiger partial charge < -0.3 is 19.5 Å². The first kappa shape index (κ1) is 15.3. The van der Waals surface area contributed by atoms with E-state index in [1.165, 1.54) is 7.11 Å². The van der Waals surface area contributed by atoms with Crippen LogP contribution in [0, 0.1) is 0 Å². The molecule has 0 radical (unpaired) electrons. The first-order chi connectivity index (χ1) is 9.12. The Morgan fingerprint density at radius 1 is 1.21 bits per heavy atom. The van der Waals surface area contributed by atoms with Gasteiger partial charge in [-0.25, -0.2) is 0 Å². The van der Waals surface area contributed by atoms with Gasteiger partial charge in [0.05, 0.1) is 13.2 Å². The smallest absolute Gasteiger partial charge is 0.253 e. The van der Waals surface area contributed by atoms with Crippen molar-refractivity contribution in [3.8, 4) is 11.5 Å². The maximum absolute atomic E-state index is 11.7. The largest absolute Gasteiger partial charge is 0.490 e. The lowest BCUT2D eigenvalue weighted by atomic mass is 10.2. The topological polar surface area (TPSA) is 56.8 Å². The number of ether oxygens (including phenoxy) is 3. The second-order valence-corrected chi connectivity index (χ2v) is 3.89. The highest BCUT2D eigenvalue weighted by molar-refractivity contribution is 5.94. The van der Waals surface area contributed by atoms with Crippen molar-refractivity contribution in [1.29, 1.82) is 0 Å². The molecule has 1 unspecified atom stereocenters. The van der Waals surface area contributed by atoms with Gasteiger partial charge in [-0.1, -0.05) is 0 Å². The van der Waals surface area contributed by atoms with E-state index < -0.39 is 6.10 Å². The number of anilines is 1. The van der Waals surface area contributed by atoms with Gasteiger partial charge >= 0.3 is 0 Å². The molecule has 0 saturated heterocycles. The number of hydrogen-bond donors (Lipinski definition) is 1. The Balaban J connectivity index is 2.85. The molecule has 5 heteroatoms. The number of carbonyl (C=O) groups excluding carboxylic acids is 1. The number of methoxy groups -OCH3 is 1. The molecule has 5 nitrogen and oxygen atoms in total. The van der Waals surface area contributed by atoms with Crippen LogP contribution in [-0.2, 0) is 9.53 Å². The Kier molecular flexibility index (Phi) is 6.15. The third kappa shape index (κ3) is 4.44. The van der Waals surface area contributed by atoms with E-state index in [0.29, 0.717) is 30.4 Å². The van der Waals surface area contributed by atoms with Gasteiger partial charge in [0.25, 0.3) is 5.91 Å². The van der Waals surface area contributed by atoms with Crippen LogP contribution >= 0.6 is 0 Å². The SMILES string of the molecule is CCOc1ccc(NC(=O)C(C)OC)cc1OCC. The quantitative estimate of drug-likeness (QED) is 0.824. The highest BCUT2D eigenvalue weighted by atomic mass is 16.5. The van der Waals surface area contributed by atoms with Gasteiger partial charge in [0, 0.05) is 18.9 Å². The van der Waals surface area contributed by atoms with Crippen LogP contribution < -0.4 is 14.8 Å². The van der Waals surface area contributed by atoms with E-state index in [1.807, 2.05) is 13.8 Å². The van der Waals surface area contributed by atoms with Crippen molar-refractivity contribution in [2.45, 2.75) is 26.9 Å². The second-order valence-electron chi connectivity index (χ2n) is 3.89. The summed E-state index contributed by atoms with van der Waals surface area (Å²) in [6.45, 7) is 6.59. The molecule has 1 aromatic carbocycles. The molecule has 0 aliphatic rings. The fraction of sp³-hybridized carbons (Fsp3) is 0.500. The van der Waals surface area contributed by atoms with Crippen LogP contribution in [0.4, 0.5) is 5.69 Å². The minimum absolute atomic E-state index is 0.200. The normalized spacial score (nSPS) is 11.8. The van der Waals surface area contributed by atoms with Gasteiger partial charge in [-0.05, 0) is 32.9 Å². The first-order valence-corrected chi connectivity index (χ1v) is 6.35. The molecule has 0 fully saturated rings. The Hall–Kier alpha value is -1.75. The van der Waals surface area contributed by atoms with E-state index in [9.17, 15) is 4.79 Å². The summed E-state index contributed by atoms with van der Waals surface area (Å²) in [4.78, 5) is 11.7. The van der Waals surface area contributed by atoms with E-state index in [1.54, 1.807) is 25.1 Å². The summed E-state index contributed by atoms with van der Waals surface area (Å²) in [5.74, 6) is 1.09. The molecule has 19 heavy (non-hydrogen) atoms. The van der Waals surface area contributed by atoms with E-state index in [-0.39, 0.29) is 5.91 Å². The van der Waals surface area contributed by atoms with Crippen LogP contribution in [0.1, 0.15) is 20.8 Å². The molecule has 0 aliphatic heterocycles. The summed E-state index contributed by atoms with van der Waals surface area (Å²) < 4.78 is 15.9. The van der Waals surface area contributed by atoms with Crippen molar-refractivity contribution in [3.63, 3.8) is 0 Å². The molecule has 1 amide bonds. The molecule has 1 N–H and O–H groups in total. The highest BCUT2D eigenvalue weighted by Gasteiger charge is 2.13. The Labute approximate surface area is 113 Å². The molecule has 0 bridgehead atoms. The number of rotatable bonds is 7. The van der Waals surface area contributed by atoms with Crippen LogP contribution in [-0.4, -0.2) is 32.3 Å². The van der Waals surface area contributed by atoms with Crippen molar-refractivity contribution >= 4 is 11.6 Å².